The van der Waals surface area contributed by atoms with Gasteiger partial charge in [-0.25, -0.2) is 19.2 Å². The average Bonchev–Trinajstić information content (AvgIpc) is 2.42. The Hall–Kier alpha value is -1.53. The number of para-hydroxylation sites is 1. The first-order valence-corrected chi connectivity index (χ1v) is 7.24. The smallest absolute Gasteiger partial charge is 0.239 e. The lowest BCUT2D eigenvalue weighted by Gasteiger charge is -2.38. The molecule has 0 bridgehead atoms. The minimum atomic E-state index is -0.775. The van der Waals surface area contributed by atoms with Crippen LogP contribution in [0.2, 0.25) is 0 Å². The van der Waals surface area contributed by atoms with Gasteiger partial charge in [-0.3, -0.25) is 4.79 Å². The molecule has 2 N–H and O–H groups in total. The lowest BCUT2D eigenvalue weighted by molar-refractivity contribution is -0.117. The number of benzene rings is 1. The molecule has 0 aliphatic carbocycles. The normalized spacial score (nSPS) is 23.0. The van der Waals surface area contributed by atoms with Crippen LogP contribution in [0.4, 0.5) is 14.5 Å². The highest BCUT2D eigenvalue weighted by Gasteiger charge is 2.24. The predicted molar refractivity (Wildman–Crippen MR) is 77.6 cm³/mol. The van der Waals surface area contributed by atoms with Crippen LogP contribution in [0.25, 0.3) is 0 Å². The summed E-state index contributed by atoms with van der Waals surface area (Å²) in [4.78, 5) is 11.8. The number of hydrazine groups is 1. The Morgan fingerprint density at radius 3 is 2.38 bits per heavy atom. The summed E-state index contributed by atoms with van der Waals surface area (Å²) in [6.45, 7) is 4.18. The zero-order valence-corrected chi connectivity index (χ0v) is 12.3. The maximum atomic E-state index is 13.4. The van der Waals surface area contributed by atoms with E-state index in [0.717, 1.165) is 25.0 Å². The maximum absolute atomic E-state index is 13.4. The van der Waals surface area contributed by atoms with Crippen molar-refractivity contribution in [2.45, 2.75) is 45.2 Å². The van der Waals surface area contributed by atoms with Gasteiger partial charge in [0.05, 0.1) is 6.54 Å². The second kappa shape index (κ2) is 6.95. The number of carbonyl (C=O) groups is 1. The van der Waals surface area contributed by atoms with Gasteiger partial charge in [0.15, 0.2) is 0 Å². The van der Waals surface area contributed by atoms with Crippen LogP contribution in [0, 0.1) is 11.6 Å². The van der Waals surface area contributed by atoms with Crippen LogP contribution in [-0.4, -0.2) is 29.5 Å². The number of carbonyl (C=O) groups excluding carboxylic acids is 1. The van der Waals surface area contributed by atoms with Crippen molar-refractivity contribution in [2.75, 3.05) is 11.9 Å². The third kappa shape index (κ3) is 3.98. The Morgan fingerprint density at radius 1 is 1.24 bits per heavy atom. The van der Waals surface area contributed by atoms with E-state index in [1.165, 1.54) is 12.5 Å². The first kappa shape index (κ1) is 15.9. The minimum absolute atomic E-state index is 0.0115. The van der Waals surface area contributed by atoms with E-state index in [0.29, 0.717) is 12.1 Å². The van der Waals surface area contributed by atoms with Crippen LogP contribution in [0.5, 0.6) is 0 Å². The van der Waals surface area contributed by atoms with Gasteiger partial charge in [-0.05, 0) is 38.8 Å². The molecule has 1 amide bonds. The van der Waals surface area contributed by atoms with Crippen molar-refractivity contribution < 1.29 is 13.6 Å². The predicted octanol–water partition coefficient (Wildman–Crippen LogP) is 2.67. The molecular weight excluding hydrogens is 276 g/mol. The van der Waals surface area contributed by atoms with E-state index in [9.17, 15) is 13.6 Å². The molecule has 6 heteroatoms. The molecule has 0 saturated carbocycles. The van der Waals surface area contributed by atoms with Crippen molar-refractivity contribution in [1.29, 1.82) is 0 Å². The van der Waals surface area contributed by atoms with Gasteiger partial charge in [-0.15, -0.1) is 0 Å². The Morgan fingerprint density at radius 2 is 1.81 bits per heavy atom. The van der Waals surface area contributed by atoms with E-state index in [-0.39, 0.29) is 6.54 Å². The minimum Gasteiger partial charge on any atom is -0.320 e. The molecule has 0 spiro atoms. The molecule has 1 aromatic rings. The van der Waals surface area contributed by atoms with E-state index in [4.69, 9.17) is 0 Å². The van der Waals surface area contributed by atoms with Crippen molar-refractivity contribution in [3.05, 3.63) is 29.8 Å². The topological polar surface area (TPSA) is 44.4 Å². The Balaban J connectivity index is 1.90. The molecule has 1 aliphatic rings. The van der Waals surface area contributed by atoms with Crippen molar-refractivity contribution in [3.63, 3.8) is 0 Å². The number of hydrogen-bond acceptors (Lipinski definition) is 3. The first-order chi connectivity index (χ1) is 9.99. The third-order valence-electron chi connectivity index (χ3n) is 3.84. The van der Waals surface area contributed by atoms with Crippen LogP contribution in [-0.2, 0) is 4.79 Å². The van der Waals surface area contributed by atoms with E-state index in [1.807, 2.05) is 5.01 Å². The van der Waals surface area contributed by atoms with Gasteiger partial charge in [-0.2, -0.15) is 0 Å². The number of hydrogen-bond donors (Lipinski definition) is 2. The molecule has 116 valence electrons. The van der Waals surface area contributed by atoms with Gasteiger partial charge in [0.1, 0.15) is 17.3 Å². The molecule has 1 saturated heterocycles. The monoisotopic (exact) mass is 297 g/mol. The first-order valence-electron chi connectivity index (χ1n) is 7.24. The summed E-state index contributed by atoms with van der Waals surface area (Å²) < 4.78 is 26.9. The van der Waals surface area contributed by atoms with Crippen LogP contribution < -0.4 is 10.7 Å². The molecule has 2 rings (SSSR count). The Bertz CT molecular complexity index is 479. The van der Waals surface area contributed by atoms with Crippen molar-refractivity contribution in [3.8, 4) is 0 Å². The van der Waals surface area contributed by atoms with Crippen LogP contribution >= 0.6 is 0 Å². The number of amides is 1. The van der Waals surface area contributed by atoms with Crippen molar-refractivity contribution >= 4 is 11.6 Å². The zero-order chi connectivity index (χ0) is 15.4. The number of piperidine rings is 1. The summed E-state index contributed by atoms with van der Waals surface area (Å²) >= 11 is 0. The molecule has 2 atom stereocenters. The highest BCUT2D eigenvalue weighted by molar-refractivity contribution is 5.92. The summed E-state index contributed by atoms with van der Waals surface area (Å²) in [6, 6.07) is 4.16. The molecule has 1 aromatic carbocycles. The average molecular weight is 297 g/mol. The van der Waals surface area contributed by atoms with E-state index in [2.05, 4.69) is 24.6 Å². The second-order valence-electron chi connectivity index (χ2n) is 5.52. The largest absolute Gasteiger partial charge is 0.320 e. The number of rotatable bonds is 4. The number of nitrogens with zero attached hydrogens (tertiary/aromatic N) is 1. The SMILES string of the molecule is CC1CCCC(C)N1NCC(=O)Nc1c(F)cccc1F. The fraction of sp³-hybridized carbons (Fsp3) is 0.533. The van der Waals surface area contributed by atoms with Crippen LogP contribution in [0.15, 0.2) is 18.2 Å². The third-order valence-corrected chi connectivity index (χ3v) is 3.84. The molecule has 2 unspecified atom stereocenters. The molecule has 0 aromatic heterocycles. The summed E-state index contributed by atoms with van der Waals surface area (Å²) in [7, 11) is 0. The van der Waals surface area contributed by atoms with Crippen LogP contribution in [0.1, 0.15) is 33.1 Å². The summed E-state index contributed by atoms with van der Waals surface area (Å²) in [5.41, 5.74) is 2.66. The standard InChI is InChI=1S/C15H21F2N3O/c1-10-5-3-6-11(2)20(10)18-9-14(21)19-15-12(16)7-4-8-13(15)17/h4,7-8,10-11,18H,3,5-6,9H2,1-2H3,(H,19,21). The molecule has 0 radical (unpaired) electrons. The quantitative estimate of drug-likeness (QED) is 0.898. The van der Waals surface area contributed by atoms with Crippen molar-refractivity contribution in [1.82, 2.24) is 10.4 Å². The van der Waals surface area contributed by atoms with Crippen LogP contribution in [0.3, 0.4) is 0 Å². The summed E-state index contributed by atoms with van der Waals surface area (Å²) in [5, 5.41) is 4.31. The Kier molecular flexibility index (Phi) is 5.25. The van der Waals surface area contributed by atoms with Crippen molar-refractivity contribution in [2.24, 2.45) is 0 Å². The second-order valence-corrected chi connectivity index (χ2v) is 5.52. The van der Waals surface area contributed by atoms with E-state index >= 15 is 0 Å². The van der Waals surface area contributed by atoms with Gasteiger partial charge >= 0.3 is 0 Å². The van der Waals surface area contributed by atoms with E-state index < -0.39 is 23.2 Å². The highest BCUT2D eigenvalue weighted by atomic mass is 19.1. The lowest BCUT2D eigenvalue weighted by Crippen LogP contribution is -2.53. The lowest BCUT2D eigenvalue weighted by atomic mass is 10.00. The summed E-state index contributed by atoms with van der Waals surface area (Å²) in [5.74, 6) is -2.02. The fourth-order valence-corrected chi connectivity index (χ4v) is 2.70. The Labute approximate surface area is 123 Å². The number of nitrogens with one attached hydrogen (secondary N) is 2. The summed E-state index contributed by atoms with van der Waals surface area (Å²) in [6.07, 6.45) is 3.31. The molecule has 1 fully saturated rings. The van der Waals surface area contributed by atoms with Gasteiger partial charge in [0.25, 0.3) is 0 Å². The fourth-order valence-electron chi connectivity index (χ4n) is 2.70. The van der Waals surface area contributed by atoms with Gasteiger partial charge < -0.3 is 5.32 Å². The van der Waals surface area contributed by atoms with Gasteiger partial charge in [-0.1, -0.05) is 12.5 Å². The van der Waals surface area contributed by atoms with E-state index in [1.54, 1.807) is 0 Å². The molecule has 21 heavy (non-hydrogen) atoms. The molecule has 1 aliphatic heterocycles. The zero-order valence-electron chi connectivity index (χ0n) is 12.3. The molecular formula is C15H21F2N3O. The van der Waals surface area contributed by atoms with Gasteiger partial charge in [0, 0.05) is 12.1 Å². The highest BCUT2D eigenvalue weighted by Crippen LogP contribution is 2.20. The number of halogens is 2. The van der Waals surface area contributed by atoms with Gasteiger partial charge in [0.2, 0.25) is 5.91 Å². The molecule has 4 nitrogen and oxygen atoms in total. The maximum Gasteiger partial charge on any atom is 0.239 e. The molecule has 1 heterocycles. The number of anilines is 1.